The minimum absolute atomic E-state index is 0.0691. The normalized spacial score (nSPS) is 10.7. The molecule has 0 saturated carbocycles. The van der Waals surface area contributed by atoms with Gasteiger partial charge in [0.05, 0.1) is 7.11 Å². The summed E-state index contributed by atoms with van der Waals surface area (Å²) in [4.78, 5) is 14.1. The van der Waals surface area contributed by atoms with E-state index in [0.717, 1.165) is 23.1 Å². The predicted molar refractivity (Wildman–Crippen MR) is 80.4 cm³/mol. The van der Waals surface area contributed by atoms with E-state index in [1.807, 2.05) is 30.3 Å². The molecule has 0 fully saturated rings. The Morgan fingerprint density at radius 2 is 1.70 bits per heavy atom. The van der Waals surface area contributed by atoms with Crippen molar-refractivity contribution in [2.75, 3.05) is 7.11 Å². The highest BCUT2D eigenvalue weighted by atomic mass is 16.5. The zero-order valence-electron chi connectivity index (χ0n) is 11.2. The molecule has 1 N–H and O–H groups in total. The summed E-state index contributed by atoms with van der Waals surface area (Å²) in [5.41, 5.74) is 3.25. The lowest BCUT2D eigenvalue weighted by Crippen LogP contribution is -2.02. The van der Waals surface area contributed by atoms with Crippen molar-refractivity contribution in [3.8, 4) is 5.75 Å². The maximum Gasteiger partial charge on any atom is 0.248 e. The van der Waals surface area contributed by atoms with Gasteiger partial charge < -0.3 is 9.72 Å². The van der Waals surface area contributed by atoms with Crippen LogP contribution in [0.4, 0.5) is 0 Å². The third kappa shape index (κ3) is 2.57. The van der Waals surface area contributed by atoms with Crippen molar-refractivity contribution in [2.45, 2.75) is 6.42 Å². The van der Waals surface area contributed by atoms with Crippen molar-refractivity contribution < 1.29 is 4.74 Å². The lowest BCUT2D eigenvalue weighted by molar-refractivity contribution is 0.414. The molecule has 1 aromatic heterocycles. The van der Waals surface area contributed by atoms with Crippen LogP contribution < -0.4 is 10.3 Å². The molecule has 0 bridgehead atoms. The maximum atomic E-state index is 11.3. The number of aromatic amines is 1. The molecule has 3 heteroatoms. The number of pyridine rings is 1. The number of H-pyrrole nitrogens is 1. The van der Waals surface area contributed by atoms with E-state index in [1.54, 1.807) is 13.2 Å². The fourth-order valence-electron chi connectivity index (χ4n) is 2.29. The Labute approximate surface area is 116 Å². The standard InChI is InChI=1S/C17H15NO2/c1-20-15-6-2-12(3-7-15)10-13-4-8-16-14(11-13)5-9-17(19)18-16/h2-9,11H,10H2,1H3,(H,18,19). The highest BCUT2D eigenvalue weighted by molar-refractivity contribution is 5.79. The molecule has 0 aliphatic carbocycles. The molecule has 3 rings (SSSR count). The van der Waals surface area contributed by atoms with Crippen molar-refractivity contribution in [3.05, 3.63) is 76.1 Å². The zero-order valence-corrected chi connectivity index (χ0v) is 11.2. The van der Waals surface area contributed by atoms with E-state index >= 15 is 0 Å². The van der Waals surface area contributed by atoms with Gasteiger partial charge in [-0.2, -0.15) is 0 Å². The summed E-state index contributed by atoms with van der Waals surface area (Å²) in [7, 11) is 1.67. The quantitative estimate of drug-likeness (QED) is 0.790. The number of aromatic nitrogens is 1. The smallest absolute Gasteiger partial charge is 0.248 e. The first-order valence-electron chi connectivity index (χ1n) is 6.49. The molecule has 0 spiro atoms. The Hall–Kier alpha value is -2.55. The Bertz CT molecular complexity index is 788. The molecule has 3 nitrogen and oxygen atoms in total. The summed E-state index contributed by atoms with van der Waals surface area (Å²) in [6, 6.07) is 17.6. The molecular weight excluding hydrogens is 250 g/mol. The van der Waals surface area contributed by atoms with Crippen LogP contribution in [0.5, 0.6) is 5.75 Å². The molecule has 3 aromatic rings. The average Bonchev–Trinajstić information content (AvgIpc) is 2.48. The summed E-state index contributed by atoms with van der Waals surface area (Å²) >= 11 is 0. The Kier molecular flexibility index (Phi) is 3.25. The molecule has 100 valence electrons. The molecule has 0 radical (unpaired) electrons. The molecule has 0 aliphatic heterocycles. The van der Waals surface area contributed by atoms with Crippen LogP contribution in [0, 0.1) is 0 Å². The molecule has 0 saturated heterocycles. The first-order chi connectivity index (χ1) is 9.74. The lowest BCUT2D eigenvalue weighted by Gasteiger charge is -2.05. The summed E-state index contributed by atoms with van der Waals surface area (Å²) in [5.74, 6) is 0.866. The Morgan fingerprint density at radius 3 is 2.45 bits per heavy atom. The van der Waals surface area contributed by atoms with E-state index in [1.165, 1.54) is 11.1 Å². The average molecular weight is 265 g/mol. The second-order valence-electron chi connectivity index (χ2n) is 4.77. The second-order valence-corrected chi connectivity index (χ2v) is 4.77. The number of hydrogen-bond acceptors (Lipinski definition) is 2. The summed E-state index contributed by atoms with van der Waals surface area (Å²) in [5, 5.41) is 1.05. The first kappa shape index (κ1) is 12.5. The number of benzene rings is 2. The van der Waals surface area contributed by atoms with E-state index in [-0.39, 0.29) is 5.56 Å². The van der Waals surface area contributed by atoms with Crippen LogP contribution in [0.25, 0.3) is 10.9 Å². The largest absolute Gasteiger partial charge is 0.497 e. The van der Waals surface area contributed by atoms with E-state index in [9.17, 15) is 4.79 Å². The minimum atomic E-state index is -0.0691. The molecule has 20 heavy (non-hydrogen) atoms. The van der Waals surface area contributed by atoms with Crippen molar-refractivity contribution in [1.82, 2.24) is 4.98 Å². The van der Waals surface area contributed by atoms with E-state index < -0.39 is 0 Å². The number of ether oxygens (including phenoxy) is 1. The van der Waals surface area contributed by atoms with Gasteiger partial charge >= 0.3 is 0 Å². The predicted octanol–water partition coefficient (Wildman–Crippen LogP) is 3.13. The lowest BCUT2D eigenvalue weighted by atomic mass is 10.0. The van der Waals surface area contributed by atoms with Crippen LogP contribution in [-0.4, -0.2) is 12.1 Å². The Balaban J connectivity index is 1.90. The summed E-state index contributed by atoms with van der Waals surface area (Å²) in [6.07, 6.45) is 0.860. The van der Waals surface area contributed by atoms with Gasteiger partial charge in [-0.05, 0) is 53.3 Å². The molecule has 2 aromatic carbocycles. The first-order valence-corrected chi connectivity index (χ1v) is 6.49. The number of nitrogens with one attached hydrogen (secondary N) is 1. The number of rotatable bonds is 3. The van der Waals surface area contributed by atoms with Gasteiger partial charge in [0.25, 0.3) is 0 Å². The topological polar surface area (TPSA) is 42.1 Å². The molecule has 1 heterocycles. The number of fused-ring (bicyclic) bond motifs is 1. The van der Waals surface area contributed by atoms with Gasteiger partial charge in [0, 0.05) is 11.6 Å². The molecular formula is C17H15NO2. The van der Waals surface area contributed by atoms with Gasteiger partial charge in [0.15, 0.2) is 0 Å². The van der Waals surface area contributed by atoms with E-state index in [4.69, 9.17) is 4.74 Å². The SMILES string of the molecule is COc1ccc(Cc2ccc3[nH]c(=O)ccc3c2)cc1. The van der Waals surface area contributed by atoms with Gasteiger partial charge in [-0.1, -0.05) is 18.2 Å². The summed E-state index contributed by atoms with van der Waals surface area (Å²) in [6.45, 7) is 0. The van der Waals surface area contributed by atoms with Crippen molar-refractivity contribution in [1.29, 1.82) is 0 Å². The van der Waals surface area contributed by atoms with Crippen LogP contribution in [0.3, 0.4) is 0 Å². The monoisotopic (exact) mass is 265 g/mol. The van der Waals surface area contributed by atoms with Gasteiger partial charge in [-0.15, -0.1) is 0 Å². The van der Waals surface area contributed by atoms with Crippen LogP contribution in [0.15, 0.2) is 59.4 Å². The maximum absolute atomic E-state index is 11.3. The number of hydrogen-bond donors (Lipinski definition) is 1. The van der Waals surface area contributed by atoms with Gasteiger partial charge in [0.2, 0.25) is 5.56 Å². The minimum Gasteiger partial charge on any atom is -0.497 e. The third-order valence-corrected chi connectivity index (χ3v) is 3.36. The van der Waals surface area contributed by atoms with E-state index in [2.05, 4.69) is 23.2 Å². The van der Waals surface area contributed by atoms with Gasteiger partial charge in [-0.25, -0.2) is 0 Å². The zero-order chi connectivity index (χ0) is 13.9. The van der Waals surface area contributed by atoms with E-state index in [0.29, 0.717) is 0 Å². The fourth-order valence-corrected chi connectivity index (χ4v) is 2.29. The molecule has 0 unspecified atom stereocenters. The highest BCUT2D eigenvalue weighted by Crippen LogP contribution is 2.17. The third-order valence-electron chi connectivity index (χ3n) is 3.36. The highest BCUT2D eigenvalue weighted by Gasteiger charge is 2.00. The van der Waals surface area contributed by atoms with Crippen LogP contribution in [0.2, 0.25) is 0 Å². The second kappa shape index (κ2) is 5.21. The van der Waals surface area contributed by atoms with Gasteiger partial charge in [0.1, 0.15) is 5.75 Å². The van der Waals surface area contributed by atoms with Crippen molar-refractivity contribution in [3.63, 3.8) is 0 Å². The molecule has 0 aliphatic rings. The van der Waals surface area contributed by atoms with Gasteiger partial charge in [-0.3, -0.25) is 4.79 Å². The Morgan fingerprint density at radius 1 is 0.950 bits per heavy atom. The van der Waals surface area contributed by atoms with Crippen molar-refractivity contribution in [2.24, 2.45) is 0 Å². The summed E-state index contributed by atoms with van der Waals surface area (Å²) < 4.78 is 5.15. The number of methoxy groups -OCH3 is 1. The molecule has 0 amide bonds. The van der Waals surface area contributed by atoms with Crippen molar-refractivity contribution >= 4 is 10.9 Å². The van der Waals surface area contributed by atoms with Crippen LogP contribution in [-0.2, 0) is 6.42 Å². The van der Waals surface area contributed by atoms with Crippen LogP contribution >= 0.6 is 0 Å². The van der Waals surface area contributed by atoms with Crippen LogP contribution in [0.1, 0.15) is 11.1 Å². The fraction of sp³-hybridized carbons (Fsp3) is 0.118. The molecule has 0 atom stereocenters.